The highest BCUT2D eigenvalue weighted by atomic mass is 79.9. The predicted octanol–water partition coefficient (Wildman–Crippen LogP) is 8.58. The molecule has 39 heavy (non-hydrogen) atoms. The third-order valence-electron chi connectivity index (χ3n) is 6.11. The average molecular weight is 658 g/mol. The highest BCUT2D eigenvalue weighted by molar-refractivity contribution is 9.10. The second kappa shape index (κ2) is 12.9. The number of benzene rings is 4. The lowest BCUT2D eigenvalue weighted by molar-refractivity contribution is 0.584. The van der Waals surface area contributed by atoms with Crippen LogP contribution >= 0.6 is 31.9 Å². The van der Waals surface area contributed by atoms with Gasteiger partial charge in [0.15, 0.2) is 9.84 Å². The predicted molar refractivity (Wildman–Crippen MR) is 163 cm³/mol. The van der Waals surface area contributed by atoms with Gasteiger partial charge in [0.25, 0.3) is 0 Å². The van der Waals surface area contributed by atoms with Crippen molar-refractivity contribution in [1.29, 1.82) is 10.5 Å². The van der Waals surface area contributed by atoms with E-state index in [2.05, 4.69) is 44.0 Å². The molecule has 4 nitrogen and oxygen atoms in total. The van der Waals surface area contributed by atoms with Crippen LogP contribution in [0.15, 0.2) is 118 Å². The van der Waals surface area contributed by atoms with Crippen molar-refractivity contribution < 1.29 is 8.42 Å². The first-order valence-electron chi connectivity index (χ1n) is 11.9. The van der Waals surface area contributed by atoms with Crippen LogP contribution in [0, 0.1) is 22.7 Å². The molecule has 0 N–H and O–H groups in total. The number of hydrogen-bond acceptors (Lipinski definition) is 4. The fourth-order valence-corrected chi connectivity index (χ4v) is 6.53. The van der Waals surface area contributed by atoms with E-state index in [1.54, 1.807) is 72.8 Å². The van der Waals surface area contributed by atoms with Crippen LogP contribution in [0.2, 0.25) is 0 Å². The van der Waals surface area contributed by atoms with Crippen LogP contribution < -0.4 is 0 Å². The molecule has 2 atom stereocenters. The third-order valence-corrected chi connectivity index (χ3v) is 9.44. The van der Waals surface area contributed by atoms with E-state index in [1.165, 1.54) is 0 Å². The molecule has 2 unspecified atom stereocenters. The van der Waals surface area contributed by atoms with Crippen molar-refractivity contribution in [1.82, 2.24) is 0 Å². The Balaban J connectivity index is 1.83. The fourth-order valence-electron chi connectivity index (χ4n) is 4.02. The van der Waals surface area contributed by atoms with Crippen LogP contribution in [-0.2, 0) is 9.84 Å². The molecular formula is C32H22Br2N2O2S. The lowest BCUT2D eigenvalue weighted by atomic mass is 10.1. The van der Waals surface area contributed by atoms with Crippen molar-refractivity contribution in [2.24, 2.45) is 0 Å². The minimum absolute atomic E-state index is 0.450. The largest absolute Gasteiger partial charge is 0.227 e. The maximum absolute atomic E-state index is 14.4. The molecule has 0 aromatic heterocycles. The van der Waals surface area contributed by atoms with Crippen LogP contribution in [0.5, 0.6) is 0 Å². The lowest BCUT2D eigenvalue weighted by Gasteiger charge is -2.22. The van der Waals surface area contributed by atoms with Gasteiger partial charge in [0, 0.05) is 8.95 Å². The van der Waals surface area contributed by atoms with Gasteiger partial charge >= 0.3 is 0 Å². The van der Waals surface area contributed by atoms with Gasteiger partial charge in [-0.15, -0.1) is 0 Å². The molecule has 4 aromatic rings. The molecule has 0 heterocycles. The molecular weight excluding hydrogens is 636 g/mol. The average Bonchev–Trinajstić information content (AvgIpc) is 2.95. The van der Waals surface area contributed by atoms with E-state index in [9.17, 15) is 18.9 Å². The zero-order chi connectivity index (χ0) is 27.8. The van der Waals surface area contributed by atoms with Crippen LogP contribution in [-0.4, -0.2) is 8.42 Å². The fraction of sp³-hybridized carbons (Fsp3) is 0.0625. The summed E-state index contributed by atoms with van der Waals surface area (Å²) in [5.74, 6) is 0. The summed E-state index contributed by atoms with van der Waals surface area (Å²) in [6.07, 6.45) is 6.95. The normalized spacial score (nSPS) is 13.1. The van der Waals surface area contributed by atoms with Gasteiger partial charge in [-0.1, -0.05) is 105 Å². The first kappa shape index (κ1) is 28.3. The third kappa shape index (κ3) is 7.22. The minimum atomic E-state index is -3.92. The highest BCUT2D eigenvalue weighted by Gasteiger charge is 2.33. The number of rotatable bonds is 8. The summed E-state index contributed by atoms with van der Waals surface area (Å²) < 4.78 is 30.7. The number of halogens is 2. The van der Waals surface area contributed by atoms with Crippen LogP contribution in [0.25, 0.3) is 12.2 Å². The van der Waals surface area contributed by atoms with Crippen molar-refractivity contribution in [3.8, 4) is 12.1 Å². The molecule has 0 bridgehead atoms. The number of nitriles is 2. The molecule has 0 amide bonds. The van der Waals surface area contributed by atoms with Gasteiger partial charge in [-0.3, -0.25) is 0 Å². The number of sulfone groups is 1. The molecule has 192 valence electrons. The van der Waals surface area contributed by atoms with E-state index in [4.69, 9.17) is 0 Å². The summed E-state index contributed by atoms with van der Waals surface area (Å²) in [7, 11) is -3.92. The Kier molecular flexibility index (Phi) is 9.32. The van der Waals surface area contributed by atoms with Crippen molar-refractivity contribution in [3.63, 3.8) is 0 Å². The minimum Gasteiger partial charge on any atom is -0.227 e. The van der Waals surface area contributed by atoms with Crippen molar-refractivity contribution in [3.05, 3.63) is 152 Å². The van der Waals surface area contributed by atoms with E-state index in [0.717, 1.165) is 20.1 Å². The smallest absolute Gasteiger partial charge is 0.171 e. The van der Waals surface area contributed by atoms with E-state index >= 15 is 0 Å². The van der Waals surface area contributed by atoms with E-state index in [0.29, 0.717) is 22.3 Å². The Morgan fingerprint density at radius 1 is 0.564 bits per heavy atom. The van der Waals surface area contributed by atoms with E-state index in [-0.39, 0.29) is 0 Å². The molecule has 0 aliphatic heterocycles. The zero-order valence-corrected chi connectivity index (χ0v) is 24.6. The quantitative estimate of drug-likeness (QED) is 0.190. The first-order chi connectivity index (χ1) is 18.8. The van der Waals surface area contributed by atoms with Crippen LogP contribution in [0.3, 0.4) is 0 Å². The molecule has 7 heteroatoms. The Bertz CT molecular complexity index is 1560. The number of nitrogens with zero attached hydrogens (tertiary/aromatic N) is 2. The van der Waals surface area contributed by atoms with Gasteiger partial charge in [0.1, 0.15) is 10.5 Å². The van der Waals surface area contributed by atoms with E-state index in [1.807, 2.05) is 48.5 Å². The van der Waals surface area contributed by atoms with Crippen LogP contribution in [0.1, 0.15) is 43.9 Å². The Morgan fingerprint density at radius 3 is 1.21 bits per heavy atom. The highest BCUT2D eigenvalue weighted by Crippen LogP contribution is 2.37. The SMILES string of the molecule is N#Cc1ccc(C(C=Cc2ccc(Br)cc2)S(=O)(=O)C(C=Cc2ccc(Br)cc2)c2ccc(C#N)cc2)cc1. The molecule has 0 spiro atoms. The maximum Gasteiger partial charge on any atom is 0.171 e. The summed E-state index contributed by atoms with van der Waals surface area (Å²) in [6, 6.07) is 32.6. The summed E-state index contributed by atoms with van der Waals surface area (Å²) >= 11 is 6.85. The summed E-state index contributed by atoms with van der Waals surface area (Å²) in [4.78, 5) is 0. The first-order valence-corrected chi connectivity index (χ1v) is 15.1. The lowest BCUT2D eigenvalue weighted by Crippen LogP contribution is -2.19. The number of hydrogen-bond donors (Lipinski definition) is 0. The summed E-state index contributed by atoms with van der Waals surface area (Å²) in [5, 5.41) is 16.5. The Labute approximate surface area is 245 Å². The molecule has 4 rings (SSSR count). The van der Waals surface area contributed by atoms with Gasteiger partial charge in [-0.25, -0.2) is 8.42 Å². The van der Waals surface area contributed by atoms with Crippen molar-refractivity contribution in [2.45, 2.75) is 10.5 Å². The maximum atomic E-state index is 14.4. The summed E-state index contributed by atoms with van der Waals surface area (Å²) in [5.41, 5.74) is 3.71. The van der Waals surface area contributed by atoms with Crippen molar-refractivity contribution in [2.75, 3.05) is 0 Å². The van der Waals surface area contributed by atoms with Gasteiger partial charge in [-0.2, -0.15) is 10.5 Å². The molecule has 0 aliphatic rings. The monoisotopic (exact) mass is 656 g/mol. The van der Waals surface area contributed by atoms with Crippen LogP contribution in [0.4, 0.5) is 0 Å². The van der Waals surface area contributed by atoms with E-state index < -0.39 is 20.3 Å². The standard InChI is InChI=1S/C32H22Br2N2O2S/c33-29-15-5-23(6-16-29)9-19-31(27-11-1-25(21-35)2-12-27)39(37,38)32(28-13-3-26(22-36)4-14-28)20-10-24-7-17-30(34)18-8-24/h1-20,31-32H. The van der Waals surface area contributed by atoms with Gasteiger partial charge in [0.05, 0.1) is 23.3 Å². The van der Waals surface area contributed by atoms with Gasteiger partial charge < -0.3 is 0 Å². The summed E-state index contributed by atoms with van der Waals surface area (Å²) in [6.45, 7) is 0. The second-order valence-electron chi connectivity index (χ2n) is 8.72. The topological polar surface area (TPSA) is 81.7 Å². The molecule has 0 saturated heterocycles. The zero-order valence-electron chi connectivity index (χ0n) is 20.6. The van der Waals surface area contributed by atoms with Gasteiger partial charge in [-0.05, 0) is 70.8 Å². The second-order valence-corrected chi connectivity index (χ2v) is 12.7. The molecule has 0 fully saturated rings. The molecule has 4 aromatic carbocycles. The molecule has 0 radical (unpaired) electrons. The Hall–Kier alpha value is -3.75. The van der Waals surface area contributed by atoms with Gasteiger partial charge in [0.2, 0.25) is 0 Å². The van der Waals surface area contributed by atoms with Crippen molar-refractivity contribution >= 4 is 53.8 Å². The Morgan fingerprint density at radius 2 is 0.897 bits per heavy atom. The molecule has 0 saturated carbocycles. The molecule has 0 aliphatic carbocycles.